The van der Waals surface area contributed by atoms with Crippen LogP contribution in [0.25, 0.3) is 0 Å². The summed E-state index contributed by atoms with van der Waals surface area (Å²) in [6, 6.07) is -0.313. The number of nitrogens with zero attached hydrogens (tertiary/aromatic N) is 2. The van der Waals surface area contributed by atoms with E-state index in [-0.39, 0.29) is 11.9 Å². The van der Waals surface area contributed by atoms with Crippen molar-refractivity contribution in [1.29, 1.82) is 0 Å². The number of primary amides is 1. The van der Waals surface area contributed by atoms with E-state index in [1.54, 1.807) is 7.05 Å². The van der Waals surface area contributed by atoms with E-state index in [1.165, 1.54) is 0 Å². The summed E-state index contributed by atoms with van der Waals surface area (Å²) in [4.78, 5) is 15.3. The van der Waals surface area contributed by atoms with Crippen LogP contribution in [0.3, 0.4) is 0 Å². The van der Waals surface area contributed by atoms with Crippen molar-refractivity contribution >= 4 is 37.8 Å². The number of aryl methyl sites for hydroxylation is 1. The summed E-state index contributed by atoms with van der Waals surface area (Å²) < 4.78 is 3.63. The Hall–Kier alpha value is -0.400. The van der Waals surface area contributed by atoms with Crippen LogP contribution in [0.2, 0.25) is 0 Å². The van der Waals surface area contributed by atoms with Crippen molar-refractivity contribution in [2.45, 2.75) is 25.9 Å². The lowest BCUT2D eigenvalue weighted by atomic mass is 10.2. The molecule has 0 saturated heterocycles. The van der Waals surface area contributed by atoms with Gasteiger partial charge in [-0.15, -0.1) is 0 Å². The van der Waals surface area contributed by atoms with Crippen molar-refractivity contribution in [3.63, 3.8) is 0 Å². The molecule has 1 unspecified atom stereocenters. The van der Waals surface area contributed by atoms with Gasteiger partial charge in [-0.2, -0.15) is 0 Å². The van der Waals surface area contributed by atoms with Gasteiger partial charge in [0.1, 0.15) is 15.0 Å². The second-order valence-electron chi connectivity index (χ2n) is 3.42. The van der Waals surface area contributed by atoms with Crippen LogP contribution in [0.4, 0.5) is 0 Å². The van der Waals surface area contributed by atoms with Gasteiger partial charge in [0.2, 0.25) is 5.91 Å². The first-order valence-electron chi connectivity index (χ1n) is 4.82. The van der Waals surface area contributed by atoms with Gasteiger partial charge >= 0.3 is 0 Å². The van der Waals surface area contributed by atoms with Gasteiger partial charge in [-0.05, 0) is 52.3 Å². The molecule has 0 aromatic carbocycles. The maximum atomic E-state index is 11.0. The van der Waals surface area contributed by atoms with Gasteiger partial charge in [-0.1, -0.05) is 0 Å². The molecule has 0 spiro atoms. The maximum absolute atomic E-state index is 11.0. The number of nitrogens with one attached hydrogen (secondary N) is 1. The summed E-state index contributed by atoms with van der Waals surface area (Å²) in [5.41, 5.74) is 5.25. The largest absolute Gasteiger partial charge is 0.368 e. The van der Waals surface area contributed by atoms with Gasteiger partial charge in [-0.25, -0.2) is 4.98 Å². The number of carbonyl (C=O) groups excluding carboxylic acids is 1. The number of hydrogen-bond donors (Lipinski definition) is 2. The molecule has 1 aromatic heterocycles. The van der Waals surface area contributed by atoms with Crippen LogP contribution in [0.1, 0.15) is 12.2 Å². The molecule has 16 heavy (non-hydrogen) atoms. The zero-order chi connectivity index (χ0) is 12.3. The molecular weight excluding hydrogens is 340 g/mol. The molecule has 0 aliphatic carbocycles. The Morgan fingerprint density at radius 1 is 1.62 bits per heavy atom. The number of halogens is 2. The Labute approximate surface area is 111 Å². The van der Waals surface area contributed by atoms with Crippen LogP contribution in [0.5, 0.6) is 0 Å². The molecule has 0 aliphatic heterocycles. The molecule has 0 aliphatic rings. The van der Waals surface area contributed by atoms with Crippen LogP contribution in [0.15, 0.2) is 9.21 Å². The average molecular weight is 354 g/mol. The second-order valence-corrected chi connectivity index (χ2v) is 4.93. The molecule has 5 nitrogen and oxygen atoms in total. The Kier molecular flexibility index (Phi) is 4.94. The number of hydrogen-bond acceptors (Lipinski definition) is 3. The van der Waals surface area contributed by atoms with Crippen LogP contribution >= 0.6 is 31.9 Å². The monoisotopic (exact) mass is 352 g/mol. The molecule has 1 amide bonds. The molecule has 1 rings (SSSR count). The molecule has 7 heteroatoms. The summed E-state index contributed by atoms with van der Waals surface area (Å²) in [6.45, 7) is 2.59. The minimum absolute atomic E-state index is 0.313. The number of nitrogens with two attached hydrogens (primary N) is 1. The summed E-state index contributed by atoms with van der Waals surface area (Å²) in [7, 11) is 1.72. The van der Waals surface area contributed by atoms with Gasteiger partial charge in [0.15, 0.2) is 0 Å². The molecule has 1 aromatic rings. The van der Waals surface area contributed by atoms with E-state index in [0.717, 1.165) is 15.0 Å². The Morgan fingerprint density at radius 3 is 2.62 bits per heavy atom. The lowest BCUT2D eigenvalue weighted by molar-refractivity contribution is -0.120. The molecule has 1 atom stereocenters. The molecule has 0 radical (unpaired) electrons. The van der Waals surface area contributed by atoms with Crippen molar-refractivity contribution < 1.29 is 4.79 Å². The first kappa shape index (κ1) is 13.7. The standard InChI is InChI=1S/C9H14Br2N4O/c1-5-14-7(10)8(11)15(5)4-3-6(13-2)9(12)16/h6,13H,3-4H2,1-2H3,(H2,12,16). The summed E-state index contributed by atoms with van der Waals surface area (Å²) in [5, 5.41) is 2.88. The number of carbonyl (C=O) groups is 1. The highest BCUT2D eigenvalue weighted by Gasteiger charge is 2.15. The van der Waals surface area contributed by atoms with Crippen LogP contribution in [0, 0.1) is 6.92 Å². The minimum atomic E-state index is -0.338. The highest BCUT2D eigenvalue weighted by atomic mass is 79.9. The zero-order valence-corrected chi connectivity index (χ0v) is 12.3. The van der Waals surface area contributed by atoms with E-state index in [2.05, 4.69) is 42.2 Å². The highest BCUT2D eigenvalue weighted by molar-refractivity contribution is 9.13. The van der Waals surface area contributed by atoms with Gasteiger partial charge in [-0.3, -0.25) is 4.79 Å². The van der Waals surface area contributed by atoms with Gasteiger partial charge in [0, 0.05) is 6.54 Å². The van der Waals surface area contributed by atoms with Gasteiger partial charge in [0.05, 0.1) is 6.04 Å². The van der Waals surface area contributed by atoms with E-state index in [0.29, 0.717) is 13.0 Å². The van der Waals surface area contributed by atoms with Crippen LogP contribution in [-0.4, -0.2) is 28.5 Å². The van der Waals surface area contributed by atoms with Crippen LogP contribution in [-0.2, 0) is 11.3 Å². The third-order valence-electron chi connectivity index (χ3n) is 2.39. The van der Waals surface area contributed by atoms with Crippen molar-refractivity contribution in [2.24, 2.45) is 5.73 Å². The average Bonchev–Trinajstić information content (AvgIpc) is 2.44. The fourth-order valence-corrected chi connectivity index (χ4v) is 2.44. The Bertz CT molecular complexity index is 391. The molecule has 3 N–H and O–H groups in total. The van der Waals surface area contributed by atoms with E-state index in [4.69, 9.17) is 5.73 Å². The fourth-order valence-electron chi connectivity index (χ4n) is 1.45. The summed E-state index contributed by atoms with van der Waals surface area (Å²) in [5.74, 6) is 0.550. The van der Waals surface area contributed by atoms with Crippen molar-refractivity contribution in [3.8, 4) is 0 Å². The normalized spacial score (nSPS) is 12.8. The van der Waals surface area contributed by atoms with E-state index in [1.807, 2.05) is 11.5 Å². The highest BCUT2D eigenvalue weighted by Crippen LogP contribution is 2.23. The topological polar surface area (TPSA) is 72.9 Å². The van der Waals surface area contributed by atoms with Crippen molar-refractivity contribution in [3.05, 3.63) is 15.0 Å². The number of aromatic nitrogens is 2. The van der Waals surface area contributed by atoms with E-state index < -0.39 is 0 Å². The molecule has 1 heterocycles. The first-order valence-corrected chi connectivity index (χ1v) is 6.40. The number of amides is 1. The number of likely N-dealkylation sites (N-methyl/N-ethyl adjacent to an activating group) is 1. The maximum Gasteiger partial charge on any atom is 0.234 e. The molecule has 90 valence electrons. The number of rotatable bonds is 5. The molecule has 0 bridgehead atoms. The third kappa shape index (κ3) is 3.05. The quantitative estimate of drug-likeness (QED) is 0.834. The van der Waals surface area contributed by atoms with E-state index >= 15 is 0 Å². The molecular formula is C9H14Br2N4O. The predicted octanol–water partition coefficient (Wildman–Crippen LogP) is 1.18. The van der Waals surface area contributed by atoms with E-state index in [9.17, 15) is 4.79 Å². The first-order chi connectivity index (χ1) is 7.47. The lowest BCUT2D eigenvalue weighted by Gasteiger charge is -2.13. The van der Waals surface area contributed by atoms with Gasteiger partial charge < -0.3 is 15.6 Å². The SMILES string of the molecule is CNC(CCn1c(C)nc(Br)c1Br)C(N)=O. The lowest BCUT2D eigenvalue weighted by Crippen LogP contribution is -2.39. The fraction of sp³-hybridized carbons (Fsp3) is 0.556. The van der Waals surface area contributed by atoms with Crippen molar-refractivity contribution in [1.82, 2.24) is 14.9 Å². The molecule has 0 saturated carbocycles. The summed E-state index contributed by atoms with van der Waals surface area (Å²) in [6.07, 6.45) is 0.633. The minimum Gasteiger partial charge on any atom is -0.368 e. The van der Waals surface area contributed by atoms with Crippen LogP contribution < -0.4 is 11.1 Å². The van der Waals surface area contributed by atoms with Gasteiger partial charge in [0.25, 0.3) is 0 Å². The second kappa shape index (κ2) is 5.79. The zero-order valence-electron chi connectivity index (χ0n) is 9.13. The molecule has 0 fully saturated rings. The summed E-state index contributed by atoms with van der Waals surface area (Å²) >= 11 is 6.76. The smallest absolute Gasteiger partial charge is 0.234 e. The Balaban J connectivity index is 2.70. The number of imidazole rings is 1. The van der Waals surface area contributed by atoms with Crippen molar-refractivity contribution in [2.75, 3.05) is 7.05 Å². The third-order valence-corrected chi connectivity index (χ3v) is 4.28. The Morgan fingerprint density at radius 2 is 2.25 bits per heavy atom. The predicted molar refractivity (Wildman–Crippen MR) is 69.0 cm³/mol.